The topological polar surface area (TPSA) is 45.2 Å². The van der Waals surface area contributed by atoms with Gasteiger partial charge in [-0.25, -0.2) is 0 Å². The molecule has 1 N–H and O–H groups in total. The molecule has 1 saturated heterocycles. The molecule has 2 heterocycles. The summed E-state index contributed by atoms with van der Waals surface area (Å²) >= 11 is 0. The molecule has 0 bridgehead atoms. The van der Waals surface area contributed by atoms with Crippen molar-refractivity contribution in [2.45, 2.75) is 38.5 Å². The lowest BCUT2D eigenvalue weighted by Gasteiger charge is -2.29. The zero-order valence-corrected chi connectivity index (χ0v) is 17.3. The maximum absolute atomic E-state index is 10.3. The van der Waals surface area contributed by atoms with Crippen molar-refractivity contribution >= 4 is 0 Å². The van der Waals surface area contributed by atoms with Gasteiger partial charge in [-0.1, -0.05) is 30.3 Å². The Bertz CT molecular complexity index is 804. The number of fused-ring (bicyclic) bond motifs is 1. The van der Waals surface area contributed by atoms with E-state index in [4.69, 9.17) is 9.47 Å². The Hall–Kier alpha value is -2.08. The van der Waals surface area contributed by atoms with E-state index in [1.54, 1.807) is 7.11 Å². The molecule has 5 nitrogen and oxygen atoms in total. The summed E-state index contributed by atoms with van der Waals surface area (Å²) in [5.41, 5.74) is 4.11. The minimum atomic E-state index is -0.481. The number of rotatable bonds is 8. The second kappa shape index (κ2) is 9.61. The summed E-state index contributed by atoms with van der Waals surface area (Å²) in [4.78, 5) is 4.77. The molecule has 2 aliphatic rings. The van der Waals surface area contributed by atoms with Gasteiger partial charge in [-0.15, -0.1) is 0 Å². The second-order valence-electron chi connectivity index (χ2n) is 8.19. The number of hydrogen-bond donors (Lipinski definition) is 1. The summed E-state index contributed by atoms with van der Waals surface area (Å²) in [6, 6.07) is 14.8. The molecule has 0 spiro atoms. The Morgan fingerprint density at radius 1 is 0.966 bits per heavy atom. The van der Waals surface area contributed by atoms with Gasteiger partial charge in [0.1, 0.15) is 12.7 Å². The molecule has 0 saturated carbocycles. The lowest BCUT2D eigenvalue weighted by molar-refractivity contribution is 0.0747. The van der Waals surface area contributed by atoms with E-state index in [2.05, 4.69) is 46.2 Å². The molecule has 2 aromatic carbocycles. The third-order valence-corrected chi connectivity index (χ3v) is 5.94. The summed E-state index contributed by atoms with van der Waals surface area (Å²) < 4.78 is 11.4. The van der Waals surface area contributed by atoms with E-state index in [0.717, 1.165) is 44.9 Å². The Morgan fingerprint density at radius 2 is 1.76 bits per heavy atom. The quantitative estimate of drug-likeness (QED) is 0.743. The normalized spacial score (nSPS) is 18.4. The van der Waals surface area contributed by atoms with Crippen molar-refractivity contribution in [2.24, 2.45) is 0 Å². The van der Waals surface area contributed by atoms with E-state index in [1.165, 1.54) is 29.5 Å². The average molecular weight is 397 g/mol. The van der Waals surface area contributed by atoms with Crippen LogP contribution in [0.5, 0.6) is 11.5 Å². The molecule has 1 fully saturated rings. The number of β-amino-alcohol motifs (C(OH)–C–C–N with tert-alkyl or cyclic N) is 1. The van der Waals surface area contributed by atoms with Crippen LogP contribution in [0.15, 0.2) is 42.5 Å². The fourth-order valence-electron chi connectivity index (χ4n) is 4.38. The van der Waals surface area contributed by atoms with Crippen molar-refractivity contribution in [2.75, 3.05) is 39.9 Å². The van der Waals surface area contributed by atoms with Crippen molar-refractivity contribution < 1.29 is 14.6 Å². The van der Waals surface area contributed by atoms with Crippen LogP contribution in [0.3, 0.4) is 0 Å². The van der Waals surface area contributed by atoms with Crippen LogP contribution >= 0.6 is 0 Å². The van der Waals surface area contributed by atoms with Crippen molar-refractivity contribution in [3.63, 3.8) is 0 Å². The first-order chi connectivity index (χ1) is 14.2. The Kier molecular flexibility index (Phi) is 6.70. The average Bonchev–Trinajstić information content (AvgIpc) is 3.25. The Labute approximate surface area is 173 Å². The number of hydrogen-bond acceptors (Lipinski definition) is 5. The molecular formula is C24H32N2O3. The standard InChI is InChI=1S/C24H32N2O3/c1-28-24-14-19(15-26-13-10-20-6-2-3-7-21(20)16-26)8-9-23(24)29-18-22(27)17-25-11-4-5-12-25/h2-3,6-9,14,22,27H,4-5,10-13,15-18H2,1H3. The SMILES string of the molecule is COc1cc(CN2CCc3ccccc3C2)ccc1OCC(O)CN1CCCC1. The number of ether oxygens (including phenoxy) is 2. The van der Waals surface area contributed by atoms with Crippen molar-refractivity contribution in [1.82, 2.24) is 9.80 Å². The van der Waals surface area contributed by atoms with Crippen molar-refractivity contribution in [1.29, 1.82) is 0 Å². The first kappa shape index (κ1) is 20.2. The molecule has 156 valence electrons. The van der Waals surface area contributed by atoms with Crippen LogP contribution in [-0.4, -0.2) is 60.9 Å². The van der Waals surface area contributed by atoms with Crippen LogP contribution in [0.4, 0.5) is 0 Å². The van der Waals surface area contributed by atoms with Gasteiger partial charge in [0.15, 0.2) is 11.5 Å². The fraction of sp³-hybridized carbons (Fsp3) is 0.500. The molecule has 0 aliphatic carbocycles. The summed E-state index contributed by atoms with van der Waals surface area (Å²) in [6.07, 6.45) is 3.08. The predicted molar refractivity (Wildman–Crippen MR) is 114 cm³/mol. The highest BCUT2D eigenvalue weighted by Crippen LogP contribution is 2.29. The first-order valence-electron chi connectivity index (χ1n) is 10.7. The van der Waals surface area contributed by atoms with E-state index < -0.39 is 6.10 Å². The number of methoxy groups -OCH3 is 1. The summed E-state index contributed by atoms with van der Waals surface area (Å²) in [7, 11) is 1.67. The smallest absolute Gasteiger partial charge is 0.161 e. The number of aliphatic hydroxyl groups excluding tert-OH is 1. The van der Waals surface area contributed by atoms with Crippen molar-refractivity contribution in [3.8, 4) is 11.5 Å². The minimum absolute atomic E-state index is 0.287. The third kappa shape index (κ3) is 5.30. The molecule has 0 radical (unpaired) electrons. The zero-order valence-electron chi connectivity index (χ0n) is 17.3. The van der Waals surface area contributed by atoms with Crippen LogP contribution in [0.1, 0.15) is 29.5 Å². The van der Waals surface area contributed by atoms with E-state index in [-0.39, 0.29) is 6.61 Å². The lowest BCUT2D eigenvalue weighted by atomic mass is 9.99. The number of nitrogens with zero attached hydrogens (tertiary/aromatic N) is 2. The summed E-state index contributed by atoms with van der Waals surface area (Å²) in [5, 5.41) is 10.3. The van der Waals surface area contributed by atoms with Gasteiger partial charge in [0.05, 0.1) is 7.11 Å². The summed E-state index contributed by atoms with van der Waals surface area (Å²) in [5.74, 6) is 1.42. The monoisotopic (exact) mass is 396 g/mol. The van der Waals surface area contributed by atoms with Crippen LogP contribution in [-0.2, 0) is 19.5 Å². The van der Waals surface area contributed by atoms with Crippen molar-refractivity contribution in [3.05, 3.63) is 59.2 Å². The van der Waals surface area contributed by atoms with Crippen LogP contribution in [0.2, 0.25) is 0 Å². The van der Waals surface area contributed by atoms with Gasteiger partial charge in [0, 0.05) is 26.2 Å². The van der Waals surface area contributed by atoms with Gasteiger partial charge >= 0.3 is 0 Å². The highest BCUT2D eigenvalue weighted by Gasteiger charge is 2.18. The minimum Gasteiger partial charge on any atom is -0.493 e. The third-order valence-electron chi connectivity index (χ3n) is 5.94. The maximum atomic E-state index is 10.3. The molecule has 2 aromatic rings. The highest BCUT2D eigenvalue weighted by molar-refractivity contribution is 5.43. The lowest BCUT2D eigenvalue weighted by Crippen LogP contribution is -2.33. The van der Waals surface area contributed by atoms with E-state index in [1.807, 2.05) is 6.07 Å². The first-order valence-corrected chi connectivity index (χ1v) is 10.7. The molecule has 4 rings (SSSR count). The van der Waals surface area contributed by atoms with Gasteiger partial charge in [-0.05, 0) is 61.2 Å². The van der Waals surface area contributed by atoms with E-state index in [9.17, 15) is 5.11 Å². The largest absolute Gasteiger partial charge is 0.493 e. The van der Waals surface area contributed by atoms with Gasteiger partial charge in [0.2, 0.25) is 0 Å². The van der Waals surface area contributed by atoms with Gasteiger partial charge in [-0.3, -0.25) is 4.90 Å². The Balaban J connectivity index is 1.33. The zero-order chi connectivity index (χ0) is 20.1. The van der Waals surface area contributed by atoms with Gasteiger partial charge in [-0.2, -0.15) is 0 Å². The van der Waals surface area contributed by atoms with E-state index >= 15 is 0 Å². The molecule has 0 amide bonds. The Morgan fingerprint density at radius 3 is 2.55 bits per heavy atom. The summed E-state index contributed by atoms with van der Waals surface area (Å²) in [6.45, 7) is 6.07. The van der Waals surface area contributed by atoms with E-state index in [0.29, 0.717) is 12.3 Å². The highest BCUT2D eigenvalue weighted by atomic mass is 16.5. The fourth-order valence-corrected chi connectivity index (χ4v) is 4.38. The molecule has 5 heteroatoms. The number of likely N-dealkylation sites (tertiary alicyclic amines) is 1. The van der Waals surface area contributed by atoms with Crippen LogP contribution < -0.4 is 9.47 Å². The molecule has 2 aliphatic heterocycles. The van der Waals surface area contributed by atoms with Gasteiger partial charge < -0.3 is 19.5 Å². The predicted octanol–water partition coefficient (Wildman–Crippen LogP) is 3.09. The van der Waals surface area contributed by atoms with Gasteiger partial charge in [0.25, 0.3) is 0 Å². The molecular weight excluding hydrogens is 364 g/mol. The maximum Gasteiger partial charge on any atom is 0.161 e. The number of benzene rings is 2. The molecule has 1 unspecified atom stereocenters. The van der Waals surface area contributed by atoms with Crippen LogP contribution in [0, 0.1) is 0 Å². The molecule has 1 atom stereocenters. The molecule has 0 aromatic heterocycles. The van der Waals surface area contributed by atoms with Crippen LogP contribution in [0.25, 0.3) is 0 Å². The molecule has 29 heavy (non-hydrogen) atoms. The second-order valence-corrected chi connectivity index (χ2v) is 8.19. The number of aliphatic hydroxyl groups is 1.